The summed E-state index contributed by atoms with van der Waals surface area (Å²) >= 11 is 0. The van der Waals surface area contributed by atoms with Gasteiger partial charge in [0, 0.05) is 19.5 Å². The van der Waals surface area contributed by atoms with Gasteiger partial charge in [-0.2, -0.15) is 0 Å². The molecule has 116 valence electrons. The second-order valence-corrected chi connectivity index (χ2v) is 6.26. The van der Waals surface area contributed by atoms with Gasteiger partial charge in [0.25, 0.3) is 0 Å². The van der Waals surface area contributed by atoms with Crippen molar-refractivity contribution in [2.45, 2.75) is 51.5 Å². The molecule has 0 amide bonds. The molecule has 1 saturated heterocycles. The lowest BCUT2D eigenvalue weighted by Gasteiger charge is -2.31. The molecular formula is C15H24N4O2. The van der Waals surface area contributed by atoms with Crippen LogP contribution in [-0.2, 0) is 17.8 Å². The molecule has 0 aliphatic carbocycles. The summed E-state index contributed by atoms with van der Waals surface area (Å²) in [5.41, 5.74) is 0. The smallest absolute Gasteiger partial charge is 0.314 e. The van der Waals surface area contributed by atoms with Crippen molar-refractivity contribution in [3.05, 3.63) is 11.6 Å². The lowest BCUT2D eigenvalue weighted by atomic mass is 9.94. The first-order valence-corrected chi connectivity index (χ1v) is 8.06. The van der Waals surface area contributed by atoms with Crippen LogP contribution < -0.4 is 0 Å². The van der Waals surface area contributed by atoms with Crippen LogP contribution in [0.5, 0.6) is 0 Å². The molecular weight excluding hydrogens is 268 g/mol. The van der Waals surface area contributed by atoms with Gasteiger partial charge in [-0.15, -0.1) is 10.2 Å². The van der Waals surface area contributed by atoms with Crippen LogP contribution in [0.15, 0.2) is 0 Å². The van der Waals surface area contributed by atoms with Crippen LogP contribution >= 0.6 is 0 Å². The monoisotopic (exact) mass is 292 g/mol. The van der Waals surface area contributed by atoms with Crippen molar-refractivity contribution in [1.82, 2.24) is 19.7 Å². The summed E-state index contributed by atoms with van der Waals surface area (Å²) in [5, 5.41) is 17.8. The molecule has 0 radical (unpaired) electrons. The minimum atomic E-state index is -0.773. The minimum Gasteiger partial charge on any atom is -0.481 e. The average Bonchev–Trinajstić information content (AvgIpc) is 2.90. The first-order valence-electron chi connectivity index (χ1n) is 8.06. The molecule has 3 heterocycles. The number of carboxylic acids is 1. The number of aliphatic carboxylic acids is 1. The Bertz CT molecular complexity index is 514. The zero-order chi connectivity index (χ0) is 14.8. The van der Waals surface area contributed by atoms with Gasteiger partial charge in [-0.1, -0.05) is 6.92 Å². The number of aromatic nitrogens is 3. The number of fused-ring (bicyclic) bond motifs is 1. The Morgan fingerprint density at radius 3 is 2.86 bits per heavy atom. The summed E-state index contributed by atoms with van der Waals surface area (Å²) in [7, 11) is 0. The third-order valence-electron chi connectivity index (χ3n) is 4.86. The normalized spacial score (nSPS) is 26.5. The third-order valence-corrected chi connectivity index (χ3v) is 4.86. The highest BCUT2D eigenvalue weighted by atomic mass is 16.4. The summed E-state index contributed by atoms with van der Waals surface area (Å²) in [4.78, 5) is 13.8. The van der Waals surface area contributed by atoms with E-state index in [2.05, 4.69) is 26.6 Å². The maximum Gasteiger partial charge on any atom is 0.314 e. The van der Waals surface area contributed by atoms with Gasteiger partial charge in [-0.3, -0.25) is 4.79 Å². The number of carboxylic acid groups (broad SMARTS) is 1. The molecule has 0 spiro atoms. The van der Waals surface area contributed by atoms with Gasteiger partial charge in [0.05, 0.1) is 0 Å². The molecule has 2 atom stereocenters. The van der Waals surface area contributed by atoms with Crippen LogP contribution in [0.25, 0.3) is 0 Å². The molecule has 2 aliphatic rings. The molecule has 0 saturated carbocycles. The first kappa shape index (κ1) is 14.5. The predicted molar refractivity (Wildman–Crippen MR) is 78.2 cm³/mol. The van der Waals surface area contributed by atoms with Crippen molar-refractivity contribution in [3.63, 3.8) is 0 Å². The van der Waals surface area contributed by atoms with E-state index >= 15 is 0 Å². The van der Waals surface area contributed by atoms with Crippen molar-refractivity contribution >= 4 is 5.97 Å². The van der Waals surface area contributed by atoms with Crippen LogP contribution in [-0.4, -0.2) is 50.4 Å². The van der Waals surface area contributed by atoms with Crippen LogP contribution in [0.3, 0.4) is 0 Å². The molecule has 6 heteroatoms. The number of nitrogens with zero attached hydrogens (tertiary/aromatic N) is 4. The van der Waals surface area contributed by atoms with Gasteiger partial charge in [-0.25, -0.2) is 0 Å². The SMILES string of the molecule is CCN1CCCC(Cc2nnc3n2CCCC3C(=O)O)C1. The fraction of sp³-hybridized carbons (Fsp3) is 0.800. The van der Waals surface area contributed by atoms with Crippen molar-refractivity contribution in [2.75, 3.05) is 19.6 Å². The van der Waals surface area contributed by atoms with E-state index in [0.29, 0.717) is 18.2 Å². The van der Waals surface area contributed by atoms with E-state index in [9.17, 15) is 9.90 Å². The van der Waals surface area contributed by atoms with Crippen LogP contribution in [0.1, 0.15) is 50.2 Å². The lowest BCUT2D eigenvalue weighted by Crippen LogP contribution is -2.36. The standard InChI is InChI=1S/C15H24N4O2/c1-2-18-7-3-5-11(10-18)9-13-16-17-14-12(15(20)21)6-4-8-19(13)14/h11-12H,2-10H2,1H3,(H,20,21). The topological polar surface area (TPSA) is 71.2 Å². The van der Waals surface area contributed by atoms with Crippen molar-refractivity contribution in [3.8, 4) is 0 Å². The fourth-order valence-electron chi connectivity index (χ4n) is 3.68. The van der Waals surface area contributed by atoms with Gasteiger partial charge in [0.1, 0.15) is 17.6 Å². The molecule has 3 rings (SSSR count). The van der Waals surface area contributed by atoms with E-state index in [-0.39, 0.29) is 0 Å². The van der Waals surface area contributed by atoms with Gasteiger partial charge < -0.3 is 14.6 Å². The summed E-state index contributed by atoms with van der Waals surface area (Å²) in [5.74, 6) is 1.02. The van der Waals surface area contributed by atoms with Crippen LogP contribution in [0.2, 0.25) is 0 Å². The molecule has 21 heavy (non-hydrogen) atoms. The highest BCUT2D eigenvalue weighted by Crippen LogP contribution is 2.28. The number of likely N-dealkylation sites (tertiary alicyclic amines) is 1. The predicted octanol–water partition coefficient (Wildman–Crippen LogP) is 1.51. The summed E-state index contributed by atoms with van der Waals surface area (Å²) in [6, 6.07) is 0. The highest BCUT2D eigenvalue weighted by molar-refractivity contribution is 5.75. The second kappa shape index (κ2) is 6.13. The number of hydrogen-bond donors (Lipinski definition) is 1. The second-order valence-electron chi connectivity index (χ2n) is 6.26. The van der Waals surface area contributed by atoms with E-state index in [0.717, 1.165) is 38.3 Å². The molecule has 6 nitrogen and oxygen atoms in total. The van der Waals surface area contributed by atoms with E-state index < -0.39 is 11.9 Å². The maximum atomic E-state index is 11.3. The molecule has 0 aromatic carbocycles. The summed E-state index contributed by atoms with van der Waals surface area (Å²) in [6.07, 6.45) is 5.00. The van der Waals surface area contributed by atoms with Crippen LogP contribution in [0, 0.1) is 5.92 Å². The molecule has 1 fully saturated rings. The molecule has 0 bridgehead atoms. The largest absolute Gasteiger partial charge is 0.481 e. The summed E-state index contributed by atoms with van der Waals surface area (Å²) in [6.45, 7) is 6.51. The quantitative estimate of drug-likeness (QED) is 0.911. The fourth-order valence-corrected chi connectivity index (χ4v) is 3.68. The Hall–Kier alpha value is -1.43. The van der Waals surface area contributed by atoms with Crippen molar-refractivity contribution in [2.24, 2.45) is 5.92 Å². The Morgan fingerprint density at radius 1 is 1.29 bits per heavy atom. The average molecular weight is 292 g/mol. The van der Waals surface area contributed by atoms with Gasteiger partial charge in [0.15, 0.2) is 0 Å². The van der Waals surface area contributed by atoms with Crippen molar-refractivity contribution < 1.29 is 9.90 Å². The van der Waals surface area contributed by atoms with Crippen molar-refractivity contribution in [1.29, 1.82) is 0 Å². The number of hydrogen-bond acceptors (Lipinski definition) is 4. The molecule has 2 aliphatic heterocycles. The minimum absolute atomic E-state index is 0.474. The van der Waals surface area contributed by atoms with E-state index in [1.54, 1.807) is 0 Å². The van der Waals surface area contributed by atoms with Gasteiger partial charge in [-0.05, 0) is 44.7 Å². The summed E-state index contributed by atoms with van der Waals surface area (Å²) < 4.78 is 2.06. The van der Waals surface area contributed by atoms with Crippen LogP contribution in [0.4, 0.5) is 0 Å². The zero-order valence-corrected chi connectivity index (χ0v) is 12.7. The van der Waals surface area contributed by atoms with E-state index in [1.165, 1.54) is 19.4 Å². The number of rotatable bonds is 4. The zero-order valence-electron chi connectivity index (χ0n) is 12.7. The number of carbonyl (C=O) groups is 1. The van der Waals surface area contributed by atoms with Gasteiger partial charge >= 0.3 is 5.97 Å². The lowest BCUT2D eigenvalue weighted by molar-refractivity contribution is -0.139. The van der Waals surface area contributed by atoms with Gasteiger partial charge in [0.2, 0.25) is 0 Å². The molecule has 1 aromatic rings. The Kier molecular flexibility index (Phi) is 4.24. The Morgan fingerprint density at radius 2 is 2.10 bits per heavy atom. The first-order chi connectivity index (χ1) is 10.2. The Labute approximate surface area is 125 Å². The van der Waals surface area contributed by atoms with E-state index in [4.69, 9.17) is 0 Å². The molecule has 2 unspecified atom stereocenters. The highest BCUT2D eigenvalue weighted by Gasteiger charge is 2.31. The number of piperidine rings is 1. The third kappa shape index (κ3) is 2.95. The maximum absolute atomic E-state index is 11.3. The molecule has 1 N–H and O–H groups in total. The molecule has 1 aromatic heterocycles. The Balaban J connectivity index is 1.74. The van der Waals surface area contributed by atoms with E-state index in [1.807, 2.05) is 0 Å².